The summed E-state index contributed by atoms with van der Waals surface area (Å²) in [5.74, 6) is 0.667. The Hall–Kier alpha value is -2.49. The first-order valence-corrected chi connectivity index (χ1v) is 7.93. The Morgan fingerprint density at radius 1 is 1.04 bits per heavy atom. The van der Waals surface area contributed by atoms with E-state index in [1.54, 1.807) is 0 Å². The molecule has 4 heteroatoms. The van der Waals surface area contributed by atoms with E-state index in [9.17, 15) is 4.79 Å². The van der Waals surface area contributed by atoms with Crippen molar-refractivity contribution in [3.63, 3.8) is 0 Å². The molecule has 23 heavy (non-hydrogen) atoms. The molecule has 0 bridgehead atoms. The van der Waals surface area contributed by atoms with E-state index in [0.717, 1.165) is 5.69 Å². The van der Waals surface area contributed by atoms with Crippen molar-refractivity contribution in [1.82, 2.24) is 0 Å². The number of para-hydroxylation sites is 2. The summed E-state index contributed by atoms with van der Waals surface area (Å²) < 4.78 is 5.51. The van der Waals surface area contributed by atoms with Crippen molar-refractivity contribution in [2.24, 2.45) is 0 Å². The molecule has 2 aromatic rings. The fraction of sp³-hybridized carbons (Fsp3) is 0.316. The van der Waals surface area contributed by atoms with Crippen molar-refractivity contribution in [3.8, 4) is 5.75 Å². The topological polar surface area (TPSA) is 50.4 Å². The van der Waals surface area contributed by atoms with Crippen LogP contribution in [0.3, 0.4) is 0 Å². The van der Waals surface area contributed by atoms with Crippen molar-refractivity contribution < 1.29 is 9.53 Å². The highest BCUT2D eigenvalue weighted by molar-refractivity contribution is 5.92. The monoisotopic (exact) mass is 312 g/mol. The van der Waals surface area contributed by atoms with E-state index in [1.807, 2.05) is 43.3 Å². The normalized spacial score (nSPS) is 10.2. The number of nitrogens with one attached hydrogen (secondary N) is 2. The minimum absolute atomic E-state index is 0.0324. The SMILES string of the molecule is CCOc1ccccc1NC(=O)CCNc1cccc(C)c1C. The number of amides is 1. The Morgan fingerprint density at radius 3 is 2.57 bits per heavy atom. The Morgan fingerprint density at radius 2 is 1.78 bits per heavy atom. The van der Waals surface area contributed by atoms with E-state index >= 15 is 0 Å². The van der Waals surface area contributed by atoms with Gasteiger partial charge in [0.15, 0.2) is 0 Å². The van der Waals surface area contributed by atoms with Crippen LogP contribution in [0.2, 0.25) is 0 Å². The van der Waals surface area contributed by atoms with Crippen LogP contribution in [-0.4, -0.2) is 19.1 Å². The lowest BCUT2D eigenvalue weighted by atomic mass is 10.1. The lowest BCUT2D eigenvalue weighted by molar-refractivity contribution is -0.116. The van der Waals surface area contributed by atoms with E-state index in [4.69, 9.17) is 4.74 Å². The summed E-state index contributed by atoms with van der Waals surface area (Å²) in [6.07, 6.45) is 0.397. The molecule has 122 valence electrons. The second-order valence-electron chi connectivity index (χ2n) is 5.40. The van der Waals surface area contributed by atoms with Crippen molar-refractivity contribution in [2.45, 2.75) is 27.2 Å². The average molecular weight is 312 g/mol. The molecule has 2 rings (SSSR count). The minimum atomic E-state index is -0.0324. The Kier molecular flexibility index (Phi) is 6.03. The molecular formula is C19H24N2O2. The van der Waals surface area contributed by atoms with Crippen LogP contribution in [0.25, 0.3) is 0 Å². The quantitative estimate of drug-likeness (QED) is 0.808. The van der Waals surface area contributed by atoms with Gasteiger partial charge in [-0.25, -0.2) is 0 Å². The molecule has 0 fully saturated rings. The standard InChI is InChI=1S/C19H24N2O2/c1-4-23-18-11-6-5-9-17(18)21-19(22)12-13-20-16-10-7-8-14(2)15(16)3/h5-11,20H,4,12-13H2,1-3H3,(H,21,22). The highest BCUT2D eigenvalue weighted by atomic mass is 16.5. The number of benzene rings is 2. The maximum atomic E-state index is 12.1. The highest BCUT2D eigenvalue weighted by Gasteiger charge is 2.07. The summed E-state index contributed by atoms with van der Waals surface area (Å²) in [6, 6.07) is 13.6. The molecule has 0 atom stereocenters. The third kappa shape index (κ3) is 4.74. The van der Waals surface area contributed by atoms with Gasteiger partial charge >= 0.3 is 0 Å². The molecule has 2 aromatic carbocycles. The van der Waals surface area contributed by atoms with E-state index in [1.165, 1.54) is 11.1 Å². The van der Waals surface area contributed by atoms with Crippen LogP contribution in [0.4, 0.5) is 11.4 Å². The number of hydrogen-bond acceptors (Lipinski definition) is 3. The predicted octanol–water partition coefficient (Wildman–Crippen LogP) is 4.14. The van der Waals surface area contributed by atoms with Crippen LogP contribution >= 0.6 is 0 Å². The fourth-order valence-electron chi connectivity index (χ4n) is 2.32. The van der Waals surface area contributed by atoms with E-state index in [-0.39, 0.29) is 5.91 Å². The molecule has 0 aliphatic heterocycles. The van der Waals surface area contributed by atoms with Gasteiger partial charge in [0.05, 0.1) is 12.3 Å². The van der Waals surface area contributed by atoms with Gasteiger partial charge in [0, 0.05) is 18.7 Å². The van der Waals surface area contributed by atoms with Gasteiger partial charge in [0.1, 0.15) is 5.75 Å². The minimum Gasteiger partial charge on any atom is -0.492 e. The third-order valence-corrected chi connectivity index (χ3v) is 3.73. The van der Waals surface area contributed by atoms with Crippen LogP contribution in [0, 0.1) is 13.8 Å². The van der Waals surface area contributed by atoms with Gasteiger partial charge in [-0.3, -0.25) is 4.79 Å². The van der Waals surface area contributed by atoms with Gasteiger partial charge in [-0.05, 0) is 50.1 Å². The number of rotatable bonds is 7. The van der Waals surface area contributed by atoms with Crippen LogP contribution in [0.5, 0.6) is 5.75 Å². The molecule has 0 unspecified atom stereocenters. The van der Waals surface area contributed by atoms with Crippen molar-refractivity contribution >= 4 is 17.3 Å². The smallest absolute Gasteiger partial charge is 0.226 e. The molecular weight excluding hydrogens is 288 g/mol. The van der Waals surface area contributed by atoms with E-state index in [0.29, 0.717) is 31.0 Å². The zero-order valence-electron chi connectivity index (χ0n) is 14.0. The first-order chi connectivity index (χ1) is 11.1. The molecule has 0 saturated heterocycles. The fourth-order valence-corrected chi connectivity index (χ4v) is 2.32. The van der Waals surface area contributed by atoms with Crippen LogP contribution in [0.15, 0.2) is 42.5 Å². The van der Waals surface area contributed by atoms with Crippen LogP contribution in [-0.2, 0) is 4.79 Å². The summed E-state index contributed by atoms with van der Waals surface area (Å²) in [5, 5.41) is 6.22. The molecule has 2 N–H and O–H groups in total. The van der Waals surface area contributed by atoms with Gasteiger partial charge < -0.3 is 15.4 Å². The number of aryl methyl sites for hydroxylation is 1. The first-order valence-electron chi connectivity index (χ1n) is 7.93. The van der Waals surface area contributed by atoms with Crippen molar-refractivity contribution in [1.29, 1.82) is 0 Å². The molecule has 0 aliphatic carbocycles. The largest absolute Gasteiger partial charge is 0.492 e. The predicted molar refractivity (Wildman–Crippen MR) is 95.3 cm³/mol. The molecule has 0 radical (unpaired) electrons. The molecule has 4 nitrogen and oxygen atoms in total. The van der Waals surface area contributed by atoms with E-state index in [2.05, 4.69) is 30.5 Å². The van der Waals surface area contributed by atoms with Gasteiger partial charge in [-0.2, -0.15) is 0 Å². The lowest BCUT2D eigenvalue weighted by Gasteiger charge is -2.13. The van der Waals surface area contributed by atoms with Crippen molar-refractivity contribution in [2.75, 3.05) is 23.8 Å². The Labute approximate surface area is 137 Å². The Balaban J connectivity index is 1.87. The number of carbonyl (C=O) groups is 1. The summed E-state index contributed by atoms with van der Waals surface area (Å²) in [6.45, 7) is 7.24. The second kappa shape index (κ2) is 8.22. The van der Waals surface area contributed by atoms with Gasteiger partial charge in [-0.1, -0.05) is 24.3 Å². The van der Waals surface area contributed by atoms with E-state index < -0.39 is 0 Å². The summed E-state index contributed by atoms with van der Waals surface area (Å²) in [7, 11) is 0. The third-order valence-electron chi connectivity index (χ3n) is 3.73. The number of ether oxygens (including phenoxy) is 1. The summed E-state index contributed by atoms with van der Waals surface area (Å²) in [4.78, 5) is 12.1. The lowest BCUT2D eigenvalue weighted by Crippen LogP contribution is -2.17. The van der Waals surface area contributed by atoms with Gasteiger partial charge in [0.2, 0.25) is 5.91 Å². The van der Waals surface area contributed by atoms with Crippen LogP contribution < -0.4 is 15.4 Å². The Bertz CT molecular complexity index is 668. The average Bonchev–Trinajstić information content (AvgIpc) is 2.53. The van der Waals surface area contributed by atoms with Gasteiger partial charge in [-0.15, -0.1) is 0 Å². The molecule has 1 amide bonds. The maximum absolute atomic E-state index is 12.1. The number of anilines is 2. The molecule has 0 aromatic heterocycles. The molecule has 0 spiro atoms. The van der Waals surface area contributed by atoms with Crippen LogP contribution in [0.1, 0.15) is 24.5 Å². The zero-order chi connectivity index (χ0) is 16.7. The van der Waals surface area contributed by atoms with Crippen molar-refractivity contribution in [3.05, 3.63) is 53.6 Å². The molecule has 0 heterocycles. The summed E-state index contributed by atoms with van der Waals surface area (Å²) in [5.41, 5.74) is 4.25. The molecule has 0 aliphatic rings. The molecule has 0 saturated carbocycles. The number of carbonyl (C=O) groups excluding carboxylic acids is 1. The first kappa shape index (κ1) is 16.9. The zero-order valence-corrected chi connectivity index (χ0v) is 14.0. The highest BCUT2D eigenvalue weighted by Crippen LogP contribution is 2.23. The second-order valence-corrected chi connectivity index (χ2v) is 5.40. The maximum Gasteiger partial charge on any atom is 0.226 e. The van der Waals surface area contributed by atoms with Gasteiger partial charge in [0.25, 0.3) is 0 Å². The summed E-state index contributed by atoms with van der Waals surface area (Å²) >= 11 is 0. The number of hydrogen-bond donors (Lipinski definition) is 2.